The minimum Gasteiger partial charge on any atom is -0.508 e. The molecule has 0 spiro atoms. The zero-order valence-corrected chi connectivity index (χ0v) is 11.0. The fourth-order valence-electron chi connectivity index (χ4n) is 1.93. The monoisotopic (exact) mass is 283 g/mol. The van der Waals surface area contributed by atoms with Crippen LogP contribution in [0.3, 0.4) is 0 Å². The number of nitrogens with two attached hydrogens (primary N) is 1. The second kappa shape index (κ2) is 5.16. The summed E-state index contributed by atoms with van der Waals surface area (Å²) < 4.78 is 5.19. The molecule has 0 atom stereocenters. The van der Waals surface area contributed by atoms with Crippen molar-refractivity contribution in [3.63, 3.8) is 0 Å². The van der Waals surface area contributed by atoms with Crippen LogP contribution >= 0.6 is 0 Å². The number of rotatable bonds is 3. The summed E-state index contributed by atoms with van der Waals surface area (Å²) >= 11 is 0. The molecule has 1 heterocycles. The van der Waals surface area contributed by atoms with Gasteiger partial charge in [0.2, 0.25) is 0 Å². The molecular weight excluding hydrogens is 270 g/mol. The molecule has 4 N–H and O–H groups in total. The molecule has 6 nitrogen and oxygen atoms in total. The predicted octanol–water partition coefficient (Wildman–Crippen LogP) is 2.32. The van der Waals surface area contributed by atoms with Gasteiger partial charge in [-0.15, -0.1) is 0 Å². The molecule has 1 aromatic heterocycles. The number of nitrogens with zero attached hydrogens (tertiary/aromatic N) is 2. The number of nitrogen functional groups attached to an aromatic ring is 1. The molecular formula is C15H13N3O3. The predicted molar refractivity (Wildman–Crippen MR) is 76.7 cm³/mol. The molecule has 3 rings (SSSR count). The van der Waals surface area contributed by atoms with Crippen LogP contribution in [0.15, 0.2) is 47.0 Å². The van der Waals surface area contributed by atoms with E-state index in [1.165, 1.54) is 6.07 Å². The van der Waals surface area contributed by atoms with E-state index in [1.54, 1.807) is 36.4 Å². The van der Waals surface area contributed by atoms with Gasteiger partial charge < -0.3 is 20.5 Å². The first-order valence-corrected chi connectivity index (χ1v) is 6.31. The van der Waals surface area contributed by atoms with E-state index in [9.17, 15) is 10.2 Å². The lowest BCUT2D eigenvalue weighted by molar-refractivity contribution is 0.423. The highest BCUT2D eigenvalue weighted by Crippen LogP contribution is 2.26. The average Bonchev–Trinajstić information content (AvgIpc) is 2.93. The van der Waals surface area contributed by atoms with Crippen molar-refractivity contribution in [1.29, 1.82) is 0 Å². The number of hydrogen-bond donors (Lipinski definition) is 3. The Morgan fingerprint density at radius 1 is 1.05 bits per heavy atom. The topological polar surface area (TPSA) is 105 Å². The van der Waals surface area contributed by atoms with Crippen LogP contribution in [0.5, 0.6) is 11.5 Å². The van der Waals surface area contributed by atoms with E-state index < -0.39 is 0 Å². The first kappa shape index (κ1) is 13.0. The third kappa shape index (κ3) is 2.79. The summed E-state index contributed by atoms with van der Waals surface area (Å²) in [5.41, 5.74) is 7.51. The van der Waals surface area contributed by atoms with Crippen LogP contribution in [-0.4, -0.2) is 20.4 Å². The lowest BCUT2D eigenvalue weighted by Crippen LogP contribution is -1.90. The van der Waals surface area contributed by atoms with Crippen molar-refractivity contribution in [2.24, 2.45) is 0 Å². The van der Waals surface area contributed by atoms with Crippen molar-refractivity contribution in [1.82, 2.24) is 10.1 Å². The van der Waals surface area contributed by atoms with Gasteiger partial charge >= 0.3 is 0 Å². The van der Waals surface area contributed by atoms with Crippen LogP contribution in [-0.2, 0) is 6.42 Å². The molecule has 0 bridgehead atoms. The lowest BCUT2D eigenvalue weighted by Gasteiger charge is -1.99. The number of aromatic hydroxyl groups is 2. The van der Waals surface area contributed by atoms with Gasteiger partial charge in [0.1, 0.15) is 11.5 Å². The van der Waals surface area contributed by atoms with E-state index in [1.807, 2.05) is 0 Å². The Morgan fingerprint density at radius 3 is 2.52 bits per heavy atom. The third-order valence-electron chi connectivity index (χ3n) is 3.04. The van der Waals surface area contributed by atoms with Crippen LogP contribution in [0, 0.1) is 0 Å². The van der Waals surface area contributed by atoms with E-state index in [-0.39, 0.29) is 17.2 Å². The summed E-state index contributed by atoms with van der Waals surface area (Å²) in [6.45, 7) is 0. The van der Waals surface area contributed by atoms with Crippen molar-refractivity contribution < 1.29 is 14.7 Å². The van der Waals surface area contributed by atoms with Crippen LogP contribution < -0.4 is 5.73 Å². The zero-order valence-electron chi connectivity index (χ0n) is 11.0. The molecule has 0 saturated carbocycles. The minimum absolute atomic E-state index is 0.0163. The minimum atomic E-state index is 0.0163. The summed E-state index contributed by atoms with van der Waals surface area (Å²) in [6, 6.07) is 11.5. The van der Waals surface area contributed by atoms with E-state index >= 15 is 0 Å². The largest absolute Gasteiger partial charge is 0.508 e. The Labute approximate surface area is 120 Å². The summed E-state index contributed by atoms with van der Waals surface area (Å²) in [5.74, 6) is 1.10. The van der Waals surface area contributed by atoms with Gasteiger partial charge in [-0.25, -0.2) is 0 Å². The number of phenols is 2. The highest BCUT2D eigenvalue weighted by molar-refractivity contribution is 5.64. The second-order valence-electron chi connectivity index (χ2n) is 4.63. The Hall–Kier alpha value is -3.02. The first-order chi connectivity index (χ1) is 10.1. The normalized spacial score (nSPS) is 10.7. The quantitative estimate of drug-likeness (QED) is 0.503. The fourth-order valence-corrected chi connectivity index (χ4v) is 1.93. The number of anilines is 1. The molecule has 0 fully saturated rings. The van der Waals surface area contributed by atoms with Gasteiger partial charge in [-0.1, -0.05) is 17.3 Å². The molecule has 0 aliphatic heterocycles. The maximum absolute atomic E-state index is 9.40. The molecule has 2 aromatic carbocycles. The van der Waals surface area contributed by atoms with Gasteiger partial charge in [-0.2, -0.15) is 4.98 Å². The summed E-state index contributed by atoms with van der Waals surface area (Å²) in [6.07, 6.45) is 0.497. The van der Waals surface area contributed by atoms with Crippen LogP contribution in [0.1, 0.15) is 11.4 Å². The third-order valence-corrected chi connectivity index (χ3v) is 3.04. The standard InChI is InChI=1S/C15H13N3O3/c16-12-8-10(3-6-13(12)20)15-17-14(18-21-15)7-9-1-4-11(19)5-2-9/h1-6,8,19-20H,7,16H2. The highest BCUT2D eigenvalue weighted by Gasteiger charge is 2.11. The van der Waals surface area contributed by atoms with Crippen molar-refractivity contribution in [2.75, 3.05) is 5.73 Å². The van der Waals surface area contributed by atoms with Crippen LogP contribution in [0.2, 0.25) is 0 Å². The summed E-state index contributed by atoms with van der Waals surface area (Å²) in [4.78, 5) is 4.29. The maximum Gasteiger partial charge on any atom is 0.258 e. The van der Waals surface area contributed by atoms with E-state index in [0.717, 1.165) is 5.56 Å². The smallest absolute Gasteiger partial charge is 0.258 e. The number of benzene rings is 2. The SMILES string of the molecule is Nc1cc(-c2nc(Cc3ccc(O)cc3)no2)ccc1O. The van der Waals surface area contributed by atoms with Crippen molar-refractivity contribution in [3.05, 3.63) is 53.9 Å². The summed E-state index contributed by atoms with van der Waals surface area (Å²) in [5, 5.41) is 22.6. The van der Waals surface area contributed by atoms with Gasteiger partial charge in [-0.05, 0) is 35.9 Å². The van der Waals surface area contributed by atoms with Gasteiger partial charge in [-0.3, -0.25) is 0 Å². The van der Waals surface area contributed by atoms with E-state index in [2.05, 4.69) is 10.1 Å². The van der Waals surface area contributed by atoms with E-state index in [0.29, 0.717) is 23.7 Å². The molecule has 6 heteroatoms. The Bertz CT molecular complexity index is 766. The molecule has 0 aliphatic carbocycles. The summed E-state index contributed by atoms with van der Waals surface area (Å²) in [7, 11) is 0. The molecule has 0 radical (unpaired) electrons. The Morgan fingerprint density at radius 2 is 1.81 bits per heavy atom. The first-order valence-electron chi connectivity index (χ1n) is 6.31. The molecule has 3 aromatic rings. The van der Waals surface area contributed by atoms with Gasteiger partial charge in [0.15, 0.2) is 5.82 Å². The molecule has 0 amide bonds. The fraction of sp³-hybridized carbons (Fsp3) is 0.0667. The second-order valence-corrected chi connectivity index (χ2v) is 4.63. The van der Waals surface area contributed by atoms with Crippen molar-refractivity contribution in [3.8, 4) is 23.0 Å². The number of hydrogen-bond acceptors (Lipinski definition) is 6. The Balaban J connectivity index is 1.82. The molecule has 106 valence electrons. The highest BCUT2D eigenvalue weighted by atomic mass is 16.5. The maximum atomic E-state index is 9.40. The average molecular weight is 283 g/mol. The van der Waals surface area contributed by atoms with Crippen molar-refractivity contribution in [2.45, 2.75) is 6.42 Å². The lowest BCUT2D eigenvalue weighted by atomic mass is 10.1. The van der Waals surface area contributed by atoms with E-state index in [4.69, 9.17) is 10.3 Å². The molecule has 0 unspecified atom stereocenters. The zero-order chi connectivity index (χ0) is 14.8. The van der Waals surface area contributed by atoms with Crippen molar-refractivity contribution >= 4 is 5.69 Å². The molecule has 0 saturated heterocycles. The van der Waals surface area contributed by atoms with Crippen LogP contribution in [0.4, 0.5) is 5.69 Å². The number of phenolic OH excluding ortho intramolecular Hbond substituents is 2. The number of aromatic nitrogens is 2. The Kier molecular flexibility index (Phi) is 3.19. The van der Waals surface area contributed by atoms with Gasteiger partial charge in [0, 0.05) is 12.0 Å². The molecule has 21 heavy (non-hydrogen) atoms. The van der Waals surface area contributed by atoms with Gasteiger partial charge in [0.05, 0.1) is 5.69 Å². The van der Waals surface area contributed by atoms with Gasteiger partial charge in [0.25, 0.3) is 5.89 Å². The van der Waals surface area contributed by atoms with Crippen LogP contribution in [0.25, 0.3) is 11.5 Å². The molecule has 0 aliphatic rings.